The predicted octanol–water partition coefficient (Wildman–Crippen LogP) is 10.1. The fourth-order valence-corrected chi connectivity index (χ4v) is 13.3. The molecule has 143 heavy (non-hydrogen) atoms. The van der Waals surface area contributed by atoms with Gasteiger partial charge in [-0.05, 0) is 235 Å². The van der Waals surface area contributed by atoms with E-state index in [0.717, 1.165) is 147 Å². The summed E-state index contributed by atoms with van der Waals surface area (Å²) in [4.78, 5) is 111. The van der Waals surface area contributed by atoms with Gasteiger partial charge < -0.3 is 95.7 Å². The smallest absolute Gasteiger partial charge is 1.00 e. The van der Waals surface area contributed by atoms with Crippen LogP contribution in [-0.4, -0.2) is 282 Å². The number of ketones is 1. The summed E-state index contributed by atoms with van der Waals surface area (Å²) in [6.07, 6.45) is 11.5. The second-order valence-electron chi connectivity index (χ2n) is 31.9. The molecule has 6 aliphatic heterocycles. The van der Waals surface area contributed by atoms with Gasteiger partial charge in [-0.15, -0.1) is 35.6 Å². The molecular weight excluding hydrogens is 2070 g/mol. The van der Waals surface area contributed by atoms with E-state index in [4.69, 9.17) is 160 Å². The van der Waals surface area contributed by atoms with Crippen molar-refractivity contribution in [2.75, 3.05) is 137 Å². The number of alkyl halides is 2. The molecule has 0 saturated carbocycles. The zero-order valence-corrected chi connectivity index (χ0v) is 94.1. The van der Waals surface area contributed by atoms with Gasteiger partial charge in [0, 0.05) is 134 Å². The van der Waals surface area contributed by atoms with Gasteiger partial charge in [-0.25, -0.2) is 24.2 Å². The van der Waals surface area contributed by atoms with Gasteiger partial charge >= 0.3 is 83.1 Å². The molecule has 31 nitrogen and oxygen atoms in total. The molecule has 11 N–H and O–H groups in total. The van der Waals surface area contributed by atoms with Gasteiger partial charge in [0.25, 0.3) is 0 Å². The topological polar surface area (TPSA) is 434 Å². The molecule has 0 aromatic heterocycles. The van der Waals surface area contributed by atoms with E-state index in [-0.39, 0.29) is 161 Å². The van der Waals surface area contributed by atoms with Crippen molar-refractivity contribution in [3.8, 4) is 6.19 Å². The molecule has 793 valence electrons. The Kier molecular flexibility index (Phi) is 95.8. The number of morpholine rings is 3. The number of hydrogen-bond acceptors (Lipinski definition) is 27. The molecule has 6 heterocycles. The summed E-state index contributed by atoms with van der Waals surface area (Å²) in [5.41, 5.74) is 17.2. The third-order valence-electron chi connectivity index (χ3n) is 19.3. The van der Waals surface area contributed by atoms with Crippen molar-refractivity contribution in [1.29, 1.82) is 5.26 Å². The maximum atomic E-state index is 11.5. The molecule has 6 saturated heterocycles. The number of hydrogen-bond donors (Lipinski definition) is 9. The summed E-state index contributed by atoms with van der Waals surface area (Å²) < 4.78 is 30.0. The first-order valence-corrected chi connectivity index (χ1v) is 48.5. The number of benzene rings is 6. The minimum Gasteiger partial charge on any atom is -1.00 e. The molecule has 6 aromatic carbocycles. The molecule has 44 heteroatoms. The summed E-state index contributed by atoms with van der Waals surface area (Å²) in [6.45, 7) is 33.3. The molecule has 3 amide bonds. The van der Waals surface area contributed by atoms with Crippen LogP contribution in [0.2, 0.25) is 30.1 Å². The second-order valence-corrected chi connectivity index (χ2v) is 35.4. The number of carbonyl (C=O) groups is 9. The van der Waals surface area contributed by atoms with E-state index in [9.17, 15) is 43.2 Å². The fourth-order valence-electron chi connectivity index (χ4n) is 12.5. The zero-order chi connectivity index (χ0) is 104. The molecule has 6 atom stereocenters. The number of halogens is 10. The molecular formula is C99H147BCl10N11Na2O20. The summed E-state index contributed by atoms with van der Waals surface area (Å²) >= 11 is 49.6. The minimum atomic E-state index is -0.991. The van der Waals surface area contributed by atoms with E-state index < -0.39 is 40.8 Å². The number of carboxylic acid groups (broad SMARTS) is 1. The Hall–Kier alpha value is -5.61. The largest absolute Gasteiger partial charge is 1.00 e. The fraction of sp³-hybridized carbons (Fsp3) is 0.525. The number of aliphatic hydroxyl groups is 2. The van der Waals surface area contributed by atoms with Crippen molar-refractivity contribution < 1.29 is 157 Å². The molecule has 6 fully saturated rings. The van der Waals surface area contributed by atoms with Crippen LogP contribution in [-0.2, 0) is 115 Å². The van der Waals surface area contributed by atoms with Crippen molar-refractivity contribution in [1.82, 2.24) is 36.0 Å². The van der Waals surface area contributed by atoms with Crippen LogP contribution in [0.5, 0.6) is 0 Å². The number of nitrogens with two attached hydrogens (primary N) is 2. The number of nitrogens with zero attached hydrogens (tertiary/aromatic N) is 5. The van der Waals surface area contributed by atoms with E-state index in [2.05, 4.69) is 110 Å². The number of aliphatic imine (C=N–C) groups is 1. The standard InChI is InChI=1S/C16H23ClN2O.C11H13Cl2NO2.C11H12ClNO2.C11H14ClNO.C10H17NO3.C9H10ClNO2.C9H12ClNO.C6H15N.C4H6O4.C4H8O.C2H3BO2.C2H2Cl2O.C2H2N2.2CH4.ClH.2Na.H/c17-14-3-1-13(2-4-14)11-16-12-20-10-9-19(16)15-5-7-18-8-6-15;12-6-11(16)14-10(7-15)5-8-1-3-9(13)4-2-8;12-9-3-1-8(2-4-9)5-10-6-15-7-11(14)13-10;12-10-3-1-9(2-4-10)7-11-8-14-6-5-13-11;1-10(2,3)14-9(13)11-6-4-8(12)5-7-11;10-7-3-1-6(2-4-7)5-8(11)9(12)13;10-8-3-1-7(2-4-8)5-9(11)6-12;1-4-7(5-2)6-3;1-3(5)7-8-4(2)6;1-2-4-5-3-1;1-2(4)5-3;3-1-2(4)5;1-4-2-3;;;;;;/h1-4,15-16,18H,5-12H2;1-4,10,15H,5-7H2,(H,14,16);1-4,10H,5-7H2,(H,13,14);1-4,11,13H,5-8H2;4-7H2,1-3H3;1-4,8H,5,11H2,(H,12,13);1-4,9,12H,5-6,11H2;4-6H2,1-3H3;1-2H3;1-4H2;1H3;1H2;1H2;2*1H4;1H;;;/q;;;;;;;;;;-1;;;;;;2*+1;-1. The van der Waals surface area contributed by atoms with Crippen molar-refractivity contribution in [2.24, 2.45) is 16.5 Å². The number of Topliss-reactive ketones (excluding diaryl/α,β-unsaturated/α-hetero) is 1. The van der Waals surface area contributed by atoms with E-state index in [1.165, 1.54) is 69.6 Å². The molecule has 0 bridgehead atoms. The number of amides is 3. The van der Waals surface area contributed by atoms with Crippen LogP contribution in [0.15, 0.2) is 151 Å². The number of likely N-dealkylation sites (tertiary alicyclic amines) is 1. The molecule has 6 aliphatic rings. The maximum Gasteiger partial charge on any atom is 1.00 e. The third-order valence-corrected chi connectivity index (χ3v) is 21.6. The van der Waals surface area contributed by atoms with E-state index in [0.29, 0.717) is 73.9 Å². The van der Waals surface area contributed by atoms with Crippen LogP contribution in [0.4, 0.5) is 4.79 Å². The van der Waals surface area contributed by atoms with Gasteiger partial charge in [-0.2, -0.15) is 10.3 Å². The van der Waals surface area contributed by atoms with Gasteiger partial charge in [-0.1, -0.05) is 178 Å². The van der Waals surface area contributed by atoms with Crippen molar-refractivity contribution in [3.63, 3.8) is 0 Å². The van der Waals surface area contributed by atoms with Crippen LogP contribution in [0.3, 0.4) is 0 Å². The number of aliphatic hydroxyl groups excluding tert-OH is 2. The van der Waals surface area contributed by atoms with Gasteiger partial charge in [0.1, 0.15) is 29.9 Å². The number of ether oxygens (including phenoxy) is 5. The Morgan fingerprint density at radius 1 is 0.594 bits per heavy atom. The number of nitriles is 1. The molecule has 0 spiro atoms. The van der Waals surface area contributed by atoms with Crippen molar-refractivity contribution in [2.45, 2.75) is 202 Å². The van der Waals surface area contributed by atoms with Crippen molar-refractivity contribution in [3.05, 3.63) is 209 Å². The average molecular weight is 2220 g/mol. The number of rotatable bonds is 22. The van der Waals surface area contributed by atoms with Gasteiger partial charge in [0.2, 0.25) is 29.2 Å². The quantitative estimate of drug-likeness (QED) is 0.00580. The maximum absolute atomic E-state index is 11.5. The van der Waals surface area contributed by atoms with Crippen molar-refractivity contribution >= 4 is 184 Å². The monoisotopic (exact) mass is 2220 g/mol. The molecule has 6 unspecified atom stereocenters. The van der Waals surface area contributed by atoms with Gasteiger partial charge in [0.15, 0.2) is 0 Å². The molecule has 3 radical (unpaired) electrons. The van der Waals surface area contributed by atoms with Gasteiger partial charge in [-0.3, -0.25) is 33.7 Å². The van der Waals surface area contributed by atoms with E-state index in [1.54, 1.807) is 41.3 Å². The normalized spacial score (nSPS) is 15.7. The first-order chi connectivity index (χ1) is 65.7. The Morgan fingerprint density at radius 3 is 1.31 bits per heavy atom. The number of carbonyl (C=O) groups excluding carboxylic acids is 8. The minimum absolute atomic E-state index is 0. The van der Waals surface area contributed by atoms with Crippen LogP contribution in [0.25, 0.3) is 0 Å². The average Bonchev–Trinajstić information content (AvgIpc) is 0.839. The Labute approximate surface area is 944 Å². The summed E-state index contributed by atoms with van der Waals surface area (Å²) in [7, 11) is 4.32. The summed E-state index contributed by atoms with van der Waals surface area (Å²) in [6, 6.07) is 46.0. The summed E-state index contributed by atoms with van der Waals surface area (Å²) in [5, 5.41) is 50.0. The van der Waals surface area contributed by atoms with E-state index >= 15 is 0 Å². The van der Waals surface area contributed by atoms with E-state index in [1.807, 2.05) is 106 Å². The Balaban J connectivity index is -0.000000288. The third kappa shape index (κ3) is 81.9. The first kappa shape index (κ1) is 148. The summed E-state index contributed by atoms with van der Waals surface area (Å²) in [5.74, 6) is -3.03. The zero-order valence-electron chi connectivity index (χ0n) is 83.5. The number of carboxylic acids is 1. The van der Waals surface area contributed by atoms with Crippen LogP contribution >= 0.6 is 117 Å². The number of nitrogens with one attached hydrogen (secondary N) is 4. The Morgan fingerprint density at radius 2 is 0.986 bits per heavy atom. The molecule has 6 aromatic rings. The van der Waals surface area contributed by atoms with Crippen LogP contribution < -0.4 is 91.8 Å². The Bertz CT molecular complexity index is 4340. The second kappa shape index (κ2) is 92.5. The SMILES string of the molecule is C.C.C1CCOC1.C=NC#N.CC(=O)OOC(C)=O.CC(C)(C)OC(=O)N1CCC(=O)CC1.CCN(CC)CC.Cl.Clc1ccc(CC2COCCN2)cc1.Clc1ccc(CC2COCCN2C2CCNCC2)cc1.NC(CO)Cc1ccc(Cl)cc1.NC(Cc1ccc(Cl)cc1)C(=O)O.O=C(CCl)NC(CO)Cc1ccc(Cl)cc1.O=C(Cl)CCl.O=C1COCC(Cc2ccc(Cl)cc2)N1.[B-]OC(C)=O.[H-].[Na+].[Na+]. The predicted molar refractivity (Wildman–Crippen MR) is 569 cm³/mol. The van der Waals surface area contributed by atoms with Gasteiger partial charge in [0.05, 0.1) is 64.2 Å². The van der Waals surface area contributed by atoms with Crippen LogP contribution in [0, 0.1) is 11.5 Å². The first-order valence-electron chi connectivity index (χ1n) is 44.8. The number of aliphatic carboxylic acids is 1. The van der Waals surface area contributed by atoms with Crippen LogP contribution in [0.1, 0.15) is 150 Å². The molecule has 12 rings (SSSR count). The molecule has 0 aliphatic carbocycles. The number of piperidine rings is 2.